The van der Waals surface area contributed by atoms with Gasteiger partial charge in [0.15, 0.2) is 0 Å². The molecule has 1 aromatic carbocycles. The lowest BCUT2D eigenvalue weighted by Gasteiger charge is -2.20. The minimum atomic E-state index is -0.455. The molecule has 100 valence electrons. The summed E-state index contributed by atoms with van der Waals surface area (Å²) in [4.78, 5) is 12.9. The molecular weight excluding hydrogens is 230 g/mol. The zero-order chi connectivity index (χ0) is 13.9. The van der Waals surface area contributed by atoms with Crippen LogP contribution in [0.25, 0.3) is 0 Å². The quantitative estimate of drug-likeness (QED) is 0.883. The van der Waals surface area contributed by atoms with Crippen molar-refractivity contribution in [2.24, 2.45) is 0 Å². The van der Waals surface area contributed by atoms with E-state index in [-0.39, 0.29) is 5.91 Å². The van der Waals surface area contributed by atoms with Crippen molar-refractivity contribution in [2.75, 3.05) is 20.8 Å². The van der Waals surface area contributed by atoms with Gasteiger partial charge in [0.25, 0.3) is 0 Å². The molecule has 0 atom stereocenters. The van der Waals surface area contributed by atoms with Gasteiger partial charge in [-0.05, 0) is 43.0 Å². The molecule has 0 aliphatic carbocycles. The van der Waals surface area contributed by atoms with Crippen LogP contribution >= 0.6 is 0 Å². The van der Waals surface area contributed by atoms with Crippen LogP contribution in [-0.2, 0) is 11.3 Å². The summed E-state index contributed by atoms with van der Waals surface area (Å²) in [5.41, 5.74) is 4.35. The largest absolute Gasteiger partial charge is 0.496 e. The van der Waals surface area contributed by atoms with Crippen molar-refractivity contribution in [2.45, 2.75) is 27.3 Å². The number of rotatable bonds is 4. The highest BCUT2D eigenvalue weighted by molar-refractivity contribution is 5.76. The Bertz CT molecular complexity index is 455. The van der Waals surface area contributed by atoms with Gasteiger partial charge in [0, 0.05) is 13.6 Å². The first-order valence-corrected chi connectivity index (χ1v) is 5.90. The summed E-state index contributed by atoms with van der Waals surface area (Å²) < 4.78 is 5.36. The summed E-state index contributed by atoms with van der Waals surface area (Å²) in [6, 6.07) is 2.03. The molecular formula is C14H21NO3. The Kier molecular flexibility index (Phi) is 4.73. The predicted octanol–water partition coefficient (Wildman–Crippen LogP) is 1.57. The number of aryl methyl sites for hydroxylation is 1. The number of aliphatic hydroxyl groups excluding tert-OH is 1. The highest BCUT2D eigenvalue weighted by Gasteiger charge is 2.14. The van der Waals surface area contributed by atoms with Crippen molar-refractivity contribution in [3.8, 4) is 5.75 Å². The molecule has 1 aromatic rings. The van der Waals surface area contributed by atoms with E-state index in [9.17, 15) is 4.79 Å². The Morgan fingerprint density at radius 1 is 1.33 bits per heavy atom. The monoisotopic (exact) mass is 251 g/mol. The first-order chi connectivity index (χ1) is 8.42. The van der Waals surface area contributed by atoms with E-state index in [4.69, 9.17) is 9.84 Å². The standard InChI is InChI=1S/C14H21NO3/c1-9-6-12(7-15(4)13(17)8-16)10(2)11(3)14(9)18-5/h6,16H,7-8H2,1-5H3. The first-order valence-electron chi connectivity index (χ1n) is 5.90. The van der Waals surface area contributed by atoms with Gasteiger partial charge >= 0.3 is 0 Å². The summed E-state index contributed by atoms with van der Waals surface area (Å²) in [6.45, 7) is 6.06. The maximum Gasteiger partial charge on any atom is 0.248 e. The molecule has 0 aliphatic heterocycles. The lowest BCUT2D eigenvalue weighted by atomic mass is 9.98. The molecule has 1 N–H and O–H groups in total. The number of nitrogens with zero attached hydrogens (tertiary/aromatic N) is 1. The summed E-state index contributed by atoms with van der Waals surface area (Å²) in [5.74, 6) is 0.618. The number of carbonyl (C=O) groups excluding carboxylic acids is 1. The third-order valence-electron chi connectivity index (χ3n) is 3.31. The number of hydrogen-bond acceptors (Lipinski definition) is 3. The van der Waals surface area contributed by atoms with Crippen LogP contribution in [0.3, 0.4) is 0 Å². The lowest BCUT2D eigenvalue weighted by Crippen LogP contribution is -2.29. The molecule has 0 saturated carbocycles. The SMILES string of the molecule is COc1c(C)cc(CN(C)C(=O)CO)c(C)c1C. The molecule has 4 nitrogen and oxygen atoms in total. The van der Waals surface area contributed by atoms with Gasteiger partial charge in [-0.1, -0.05) is 6.07 Å². The van der Waals surface area contributed by atoms with Crippen molar-refractivity contribution in [1.29, 1.82) is 0 Å². The highest BCUT2D eigenvalue weighted by atomic mass is 16.5. The van der Waals surface area contributed by atoms with Crippen molar-refractivity contribution < 1.29 is 14.6 Å². The maximum absolute atomic E-state index is 11.4. The molecule has 0 fully saturated rings. The molecule has 0 aromatic heterocycles. The zero-order valence-electron chi connectivity index (χ0n) is 11.7. The molecule has 1 amide bonds. The Morgan fingerprint density at radius 3 is 2.44 bits per heavy atom. The molecule has 1 rings (SSSR count). The van der Waals surface area contributed by atoms with Gasteiger partial charge in [0.05, 0.1) is 7.11 Å². The minimum Gasteiger partial charge on any atom is -0.496 e. The summed E-state index contributed by atoms with van der Waals surface area (Å²) >= 11 is 0. The molecule has 0 heterocycles. The van der Waals surface area contributed by atoms with E-state index in [1.807, 2.05) is 26.8 Å². The van der Waals surface area contributed by atoms with Gasteiger partial charge in [-0.25, -0.2) is 0 Å². The second-order valence-corrected chi connectivity index (χ2v) is 4.54. The van der Waals surface area contributed by atoms with Crippen LogP contribution in [0.1, 0.15) is 22.3 Å². The van der Waals surface area contributed by atoms with Gasteiger partial charge in [0.2, 0.25) is 5.91 Å². The Labute approximate surface area is 108 Å². The predicted molar refractivity (Wildman–Crippen MR) is 70.8 cm³/mol. The normalized spacial score (nSPS) is 10.3. The van der Waals surface area contributed by atoms with Crippen LogP contribution in [0.4, 0.5) is 0 Å². The second kappa shape index (κ2) is 5.87. The minimum absolute atomic E-state index is 0.277. The molecule has 0 radical (unpaired) electrons. The third-order valence-corrected chi connectivity index (χ3v) is 3.31. The van der Waals surface area contributed by atoms with E-state index in [0.717, 1.165) is 28.0 Å². The third kappa shape index (κ3) is 2.82. The van der Waals surface area contributed by atoms with Crippen LogP contribution in [0, 0.1) is 20.8 Å². The van der Waals surface area contributed by atoms with Gasteiger partial charge < -0.3 is 14.7 Å². The molecule has 0 aliphatic rings. The number of hydrogen-bond donors (Lipinski definition) is 1. The van der Waals surface area contributed by atoms with E-state index in [2.05, 4.69) is 0 Å². The van der Waals surface area contributed by atoms with Crippen LogP contribution in [0.2, 0.25) is 0 Å². The number of aliphatic hydroxyl groups is 1. The summed E-state index contributed by atoms with van der Waals surface area (Å²) in [6.07, 6.45) is 0. The smallest absolute Gasteiger partial charge is 0.248 e. The Balaban J connectivity index is 3.08. The van der Waals surface area contributed by atoms with Gasteiger partial charge in [-0.3, -0.25) is 4.79 Å². The first kappa shape index (κ1) is 14.5. The number of ether oxygens (including phenoxy) is 1. The van der Waals surface area contributed by atoms with Crippen molar-refractivity contribution >= 4 is 5.91 Å². The van der Waals surface area contributed by atoms with E-state index < -0.39 is 6.61 Å². The number of amides is 1. The molecule has 0 bridgehead atoms. The molecule has 0 saturated heterocycles. The number of methoxy groups -OCH3 is 1. The van der Waals surface area contributed by atoms with Crippen LogP contribution in [0.15, 0.2) is 6.07 Å². The zero-order valence-corrected chi connectivity index (χ0v) is 11.7. The highest BCUT2D eigenvalue weighted by Crippen LogP contribution is 2.29. The Morgan fingerprint density at radius 2 is 1.94 bits per heavy atom. The maximum atomic E-state index is 11.4. The molecule has 0 unspecified atom stereocenters. The molecule has 0 spiro atoms. The van der Waals surface area contributed by atoms with Crippen molar-refractivity contribution in [1.82, 2.24) is 4.90 Å². The second-order valence-electron chi connectivity index (χ2n) is 4.54. The number of likely N-dealkylation sites (N-methyl/N-ethyl adjacent to an activating group) is 1. The molecule has 18 heavy (non-hydrogen) atoms. The van der Waals surface area contributed by atoms with E-state index >= 15 is 0 Å². The van der Waals surface area contributed by atoms with Crippen molar-refractivity contribution in [3.63, 3.8) is 0 Å². The van der Waals surface area contributed by atoms with Gasteiger partial charge in [-0.2, -0.15) is 0 Å². The van der Waals surface area contributed by atoms with E-state index in [1.165, 1.54) is 4.90 Å². The lowest BCUT2D eigenvalue weighted by molar-refractivity contribution is -0.133. The number of benzene rings is 1. The van der Waals surface area contributed by atoms with Crippen molar-refractivity contribution in [3.05, 3.63) is 28.3 Å². The Hall–Kier alpha value is -1.55. The average molecular weight is 251 g/mol. The fourth-order valence-corrected chi connectivity index (χ4v) is 2.08. The topological polar surface area (TPSA) is 49.8 Å². The summed E-state index contributed by atoms with van der Waals surface area (Å²) in [5, 5.41) is 8.83. The average Bonchev–Trinajstić information content (AvgIpc) is 2.35. The van der Waals surface area contributed by atoms with Crippen LogP contribution in [0.5, 0.6) is 5.75 Å². The molecule has 4 heteroatoms. The van der Waals surface area contributed by atoms with E-state index in [0.29, 0.717) is 6.54 Å². The summed E-state index contributed by atoms with van der Waals surface area (Å²) in [7, 11) is 3.35. The van der Waals surface area contributed by atoms with E-state index in [1.54, 1.807) is 14.2 Å². The van der Waals surface area contributed by atoms with Gasteiger partial charge in [0.1, 0.15) is 12.4 Å². The fourth-order valence-electron chi connectivity index (χ4n) is 2.08. The van der Waals surface area contributed by atoms with Gasteiger partial charge in [-0.15, -0.1) is 0 Å². The fraction of sp³-hybridized carbons (Fsp3) is 0.500. The van der Waals surface area contributed by atoms with Crippen LogP contribution in [-0.4, -0.2) is 36.7 Å². The van der Waals surface area contributed by atoms with Crippen LogP contribution < -0.4 is 4.74 Å². The number of carbonyl (C=O) groups is 1.